The maximum absolute atomic E-state index is 14.1. The van der Waals surface area contributed by atoms with Crippen molar-refractivity contribution >= 4 is 23.4 Å². The Labute approximate surface area is 216 Å². The molecule has 37 heavy (non-hydrogen) atoms. The van der Waals surface area contributed by atoms with Crippen molar-refractivity contribution in [1.82, 2.24) is 4.90 Å². The number of ether oxygens (including phenoxy) is 1. The smallest absolute Gasteiger partial charge is 0.247 e. The highest BCUT2D eigenvalue weighted by atomic mass is 16.5. The van der Waals surface area contributed by atoms with Crippen LogP contribution in [0.15, 0.2) is 72.8 Å². The molecule has 1 heterocycles. The number of carbonyl (C=O) groups excluding carboxylic acids is 3. The summed E-state index contributed by atoms with van der Waals surface area (Å²) < 4.78 is 5.21. The van der Waals surface area contributed by atoms with Crippen LogP contribution < -0.4 is 10.1 Å². The minimum Gasteiger partial charge on any atom is -0.497 e. The number of methoxy groups -OCH3 is 1. The summed E-state index contributed by atoms with van der Waals surface area (Å²) in [6, 6.07) is 22.6. The van der Waals surface area contributed by atoms with Gasteiger partial charge in [0.1, 0.15) is 11.8 Å². The zero-order valence-electron chi connectivity index (χ0n) is 21.0. The monoisotopic (exact) mass is 494 g/mol. The van der Waals surface area contributed by atoms with Crippen molar-refractivity contribution in [3.8, 4) is 5.75 Å². The SMILES string of the molecule is CCCC[C@H](C(=O)Nc1ccc(OC)cc1)N1C(=O)[C@@H]2C3c4ccccc4C(c4ccccc43)[C@@H]2C1=O. The molecule has 1 fully saturated rings. The quantitative estimate of drug-likeness (QED) is 0.465. The van der Waals surface area contributed by atoms with E-state index in [4.69, 9.17) is 4.74 Å². The summed E-state index contributed by atoms with van der Waals surface area (Å²) in [7, 11) is 1.59. The van der Waals surface area contributed by atoms with Gasteiger partial charge in [-0.05, 0) is 52.9 Å². The maximum Gasteiger partial charge on any atom is 0.247 e. The Balaban J connectivity index is 1.37. The van der Waals surface area contributed by atoms with Crippen LogP contribution in [0.4, 0.5) is 5.69 Å². The summed E-state index contributed by atoms with van der Waals surface area (Å²) in [6.07, 6.45) is 2.03. The van der Waals surface area contributed by atoms with Crippen LogP contribution in [0, 0.1) is 11.8 Å². The van der Waals surface area contributed by atoms with Crippen LogP contribution in [0.25, 0.3) is 0 Å². The number of likely N-dealkylation sites (tertiary alicyclic amines) is 1. The molecule has 4 aliphatic rings. The fraction of sp³-hybridized carbons (Fsp3) is 0.323. The number of rotatable bonds is 7. The molecule has 1 saturated heterocycles. The maximum atomic E-state index is 14.1. The zero-order valence-corrected chi connectivity index (χ0v) is 21.0. The van der Waals surface area contributed by atoms with E-state index in [1.165, 1.54) is 4.90 Å². The van der Waals surface area contributed by atoms with Crippen LogP contribution in [-0.2, 0) is 14.4 Å². The lowest BCUT2D eigenvalue weighted by Crippen LogP contribution is -2.48. The molecule has 0 saturated carbocycles. The van der Waals surface area contributed by atoms with Gasteiger partial charge < -0.3 is 10.1 Å². The second-order valence-electron chi connectivity index (χ2n) is 10.2. The van der Waals surface area contributed by atoms with Crippen molar-refractivity contribution in [3.05, 3.63) is 95.1 Å². The van der Waals surface area contributed by atoms with Gasteiger partial charge in [-0.3, -0.25) is 19.3 Å². The highest BCUT2D eigenvalue weighted by Gasteiger charge is 2.62. The molecule has 6 nitrogen and oxygen atoms in total. The van der Waals surface area contributed by atoms with Crippen LogP contribution in [0.5, 0.6) is 5.75 Å². The Bertz CT molecular complexity index is 1270. The standard InChI is InChI=1S/C31H30N2O4/c1-3-4-13-24(29(34)32-18-14-16-19(37-2)17-15-18)33-30(35)27-25-20-9-5-6-10-21(20)26(28(27)31(33)36)23-12-8-7-11-22(23)25/h5-12,14-17,24-28H,3-4,13H2,1-2H3,(H,32,34)/t24-,25?,26?,27-,28+/m1/s1. The summed E-state index contributed by atoms with van der Waals surface area (Å²) in [5.74, 6) is -1.42. The van der Waals surface area contributed by atoms with Gasteiger partial charge in [0.05, 0.1) is 18.9 Å². The number of nitrogens with one attached hydrogen (secondary N) is 1. The van der Waals surface area contributed by atoms with Gasteiger partial charge in [0.2, 0.25) is 17.7 Å². The Morgan fingerprint density at radius 3 is 1.76 bits per heavy atom. The molecule has 3 aromatic carbocycles. The Hall–Kier alpha value is -3.93. The van der Waals surface area contributed by atoms with Crippen LogP contribution in [0.2, 0.25) is 0 Å². The van der Waals surface area contributed by atoms with E-state index in [2.05, 4.69) is 29.6 Å². The van der Waals surface area contributed by atoms with Gasteiger partial charge >= 0.3 is 0 Å². The van der Waals surface area contributed by atoms with Gasteiger partial charge in [-0.1, -0.05) is 68.3 Å². The Kier molecular flexibility index (Phi) is 5.82. The van der Waals surface area contributed by atoms with E-state index in [1.807, 2.05) is 31.2 Å². The summed E-state index contributed by atoms with van der Waals surface area (Å²) in [6.45, 7) is 2.04. The number of hydrogen-bond donors (Lipinski definition) is 1. The molecule has 0 spiro atoms. The molecule has 7 rings (SSSR count). The number of anilines is 1. The third kappa shape index (κ3) is 3.57. The molecule has 3 aromatic rings. The zero-order chi connectivity index (χ0) is 25.7. The Morgan fingerprint density at radius 1 is 0.838 bits per heavy atom. The molecule has 1 N–H and O–H groups in total. The topological polar surface area (TPSA) is 75.7 Å². The Morgan fingerprint density at radius 2 is 1.32 bits per heavy atom. The number of amides is 3. The summed E-state index contributed by atoms with van der Waals surface area (Å²) in [5, 5.41) is 2.93. The minimum atomic E-state index is -0.849. The van der Waals surface area contributed by atoms with Gasteiger partial charge in [0.15, 0.2) is 0 Å². The van der Waals surface area contributed by atoms with Crippen molar-refractivity contribution in [3.63, 3.8) is 0 Å². The van der Waals surface area contributed by atoms with E-state index < -0.39 is 17.9 Å². The van der Waals surface area contributed by atoms with Crippen LogP contribution in [-0.4, -0.2) is 35.8 Å². The first-order valence-electron chi connectivity index (χ1n) is 13.0. The molecule has 0 radical (unpaired) electrons. The van der Waals surface area contributed by atoms with Crippen molar-refractivity contribution < 1.29 is 19.1 Å². The third-order valence-electron chi connectivity index (χ3n) is 8.29. The predicted octanol–water partition coefficient (Wildman–Crippen LogP) is 5.08. The number of unbranched alkanes of at least 4 members (excludes halogenated alkanes) is 1. The molecule has 3 aliphatic carbocycles. The molecule has 3 atom stereocenters. The molecular formula is C31H30N2O4. The molecule has 188 valence electrons. The highest BCUT2D eigenvalue weighted by molar-refractivity contribution is 6.11. The lowest BCUT2D eigenvalue weighted by atomic mass is 9.55. The van der Waals surface area contributed by atoms with Crippen molar-refractivity contribution in [2.75, 3.05) is 12.4 Å². The average molecular weight is 495 g/mol. The van der Waals surface area contributed by atoms with E-state index >= 15 is 0 Å². The summed E-state index contributed by atoms with van der Waals surface area (Å²) in [4.78, 5) is 43.1. The van der Waals surface area contributed by atoms with E-state index in [0.29, 0.717) is 17.9 Å². The first-order chi connectivity index (χ1) is 18.0. The minimum absolute atomic E-state index is 0.180. The molecule has 1 aliphatic heterocycles. The molecular weight excluding hydrogens is 464 g/mol. The first-order valence-corrected chi connectivity index (χ1v) is 13.0. The second kappa shape index (κ2) is 9.18. The number of hydrogen-bond acceptors (Lipinski definition) is 4. The molecule has 0 aromatic heterocycles. The fourth-order valence-electron chi connectivity index (χ4n) is 6.68. The van der Waals surface area contributed by atoms with Crippen LogP contribution in [0.3, 0.4) is 0 Å². The normalized spacial score (nSPS) is 23.8. The van der Waals surface area contributed by atoms with Crippen LogP contribution in [0.1, 0.15) is 60.3 Å². The largest absolute Gasteiger partial charge is 0.497 e. The highest BCUT2D eigenvalue weighted by Crippen LogP contribution is 2.61. The number of carbonyl (C=O) groups is 3. The van der Waals surface area contributed by atoms with Gasteiger partial charge in [-0.15, -0.1) is 0 Å². The lowest BCUT2D eigenvalue weighted by molar-refractivity contribution is -0.147. The molecule has 3 amide bonds. The van der Waals surface area contributed by atoms with Gasteiger partial charge in [-0.25, -0.2) is 0 Å². The first kappa shape index (κ1) is 23.5. The van der Waals surface area contributed by atoms with Gasteiger partial charge in [-0.2, -0.15) is 0 Å². The van der Waals surface area contributed by atoms with E-state index in [-0.39, 0.29) is 29.6 Å². The summed E-state index contributed by atoms with van der Waals surface area (Å²) >= 11 is 0. The molecule has 6 heteroatoms. The van der Waals surface area contributed by atoms with Gasteiger partial charge in [0, 0.05) is 17.5 Å². The second-order valence-corrected chi connectivity index (χ2v) is 10.2. The van der Waals surface area contributed by atoms with Crippen LogP contribution >= 0.6 is 0 Å². The third-order valence-corrected chi connectivity index (χ3v) is 8.29. The summed E-state index contributed by atoms with van der Waals surface area (Å²) in [5.41, 5.74) is 5.11. The van der Waals surface area contributed by atoms with Gasteiger partial charge in [0.25, 0.3) is 0 Å². The van der Waals surface area contributed by atoms with E-state index in [0.717, 1.165) is 35.1 Å². The average Bonchev–Trinajstić information content (AvgIpc) is 3.19. The lowest BCUT2D eigenvalue weighted by Gasteiger charge is -2.45. The fourth-order valence-corrected chi connectivity index (χ4v) is 6.68. The van der Waals surface area contributed by atoms with E-state index in [1.54, 1.807) is 31.4 Å². The molecule has 0 unspecified atom stereocenters. The van der Waals surface area contributed by atoms with Crippen molar-refractivity contribution in [2.45, 2.75) is 44.1 Å². The van der Waals surface area contributed by atoms with Crippen molar-refractivity contribution in [2.24, 2.45) is 11.8 Å². The van der Waals surface area contributed by atoms with Crippen molar-refractivity contribution in [1.29, 1.82) is 0 Å². The van der Waals surface area contributed by atoms with E-state index in [9.17, 15) is 14.4 Å². The predicted molar refractivity (Wildman–Crippen MR) is 140 cm³/mol. The molecule has 2 bridgehead atoms. The number of nitrogens with zero attached hydrogens (tertiary/aromatic N) is 1. The number of benzene rings is 3. The number of imide groups is 1.